The lowest BCUT2D eigenvalue weighted by Crippen LogP contribution is -2.40. The molecule has 1 aliphatic carbocycles. The van der Waals surface area contributed by atoms with Crippen molar-refractivity contribution >= 4 is 45.2 Å². The van der Waals surface area contributed by atoms with Crippen LogP contribution in [0.4, 0.5) is 10.5 Å². The summed E-state index contributed by atoms with van der Waals surface area (Å²) in [6.07, 6.45) is 0.904. The van der Waals surface area contributed by atoms with Crippen LogP contribution < -0.4 is 16.8 Å². The molecule has 0 aliphatic heterocycles. The first kappa shape index (κ1) is 26.5. The number of carbonyl (C=O) groups excluding carboxylic acids is 2. The standard InChI is InChI=1S/C28H28N6O6/c29-26(32-37)17-8-13-22-23(14-17)33(15-18-6-3-5-16-4-1-2-7-21(16)18)25(24(22)34(38)39)27(35)31-19-9-11-20(12-10-19)40-28(30)36/h1-8,13-14,19-20,37H,9-12,15H2,(H2,29,32)(H2,30,36)(H,31,35). The number of aromatic nitrogens is 1. The van der Waals surface area contributed by atoms with Gasteiger partial charge in [-0.25, -0.2) is 4.79 Å². The fraction of sp³-hybridized carbons (Fsp3) is 0.250. The molecule has 0 spiro atoms. The van der Waals surface area contributed by atoms with Gasteiger partial charge >= 0.3 is 11.8 Å². The van der Waals surface area contributed by atoms with Gasteiger partial charge in [-0.15, -0.1) is 0 Å². The van der Waals surface area contributed by atoms with Gasteiger partial charge in [0.15, 0.2) is 11.5 Å². The molecule has 12 nitrogen and oxygen atoms in total. The number of primary amides is 1. The Labute approximate surface area is 228 Å². The summed E-state index contributed by atoms with van der Waals surface area (Å²) in [5.74, 6) is -0.754. The van der Waals surface area contributed by atoms with Gasteiger partial charge in [-0.3, -0.25) is 14.9 Å². The molecule has 1 heterocycles. The highest BCUT2D eigenvalue weighted by molar-refractivity contribution is 6.09. The van der Waals surface area contributed by atoms with E-state index in [1.54, 1.807) is 10.6 Å². The average Bonchev–Trinajstić information content (AvgIpc) is 3.27. The number of nitrogens with zero attached hydrogens (tertiary/aromatic N) is 3. The summed E-state index contributed by atoms with van der Waals surface area (Å²) < 4.78 is 6.69. The van der Waals surface area contributed by atoms with Crippen LogP contribution in [0.3, 0.4) is 0 Å². The molecule has 0 saturated heterocycles. The first-order valence-corrected chi connectivity index (χ1v) is 12.8. The van der Waals surface area contributed by atoms with Crippen LogP contribution in [0.15, 0.2) is 65.8 Å². The van der Waals surface area contributed by atoms with E-state index in [1.165, 1.54) is 12.1 Å². The molecule has 206 valence electrons. The third kappa shape index (κ3) is 5.10. The predicted octanol–water partition coefficient (Wildman–Crippen LogP) is 3.98. The van der Waals surface area contributed by atoms with Gasteiger partial charge in [-0.2, -0.15) is 0 Å². The van der Waals surface area contributed by atoms with Gasteiger partial charge in [0, 0.05) is 18.2 Å². The minimum absolute atomic E-state index is 0.0971. The second-order valence-electron chi connectivity index (χ2n) is 9.78. The number of nitro groups is 1. The summed E-state index contributed by atoms with van der Waals surface area (Å²) in [5, 5.41) is 29.8. The normalized spacial score (nSPS) is 17.6. The van der Waals surface area contributed by atoms with Crippen molar-refractivity contribution in [2.75, 3.05) is 0 Å². The fourth-order valence-corrected chi connectivity index (χ4v) is 5.47. The van der Waals surface area contributed by atoms with Crippen LogP contribution >= 0.6 is 0 Å². The Balaban J connectivity index is 1.60. The molecule has 1 saturated carbocycles. The second-order valence-corrected chi connectivity index (χ2v) is 9.78. The zero-order chi connectivity index (χ0) is 28.4. The van der Waals surface area contributed by atoms with Crippen molar-refractivity contribution in [2.45, 2.75) is 44.4 Å². The lowest BCUT2D eigenvalue weighted by atomic mass is 9.93. The minimum atomic E-state index is -0.840. The summed E-state index contributed by atoms with van der Waals surface area (Å²) in [6.45, 7) is 0.160. The number of ether oxygens (including phenoxy) is 1. The Morgan fingerprint density at radius 2 is 1.77 bits per heavy atom. The Morgan fingerprint density at radius 3 is 2.48 bits per heavy atom. The third-order valence-electron chi connectivity index (χ3n) is 7.34. The van der Waals surface area contributed by atoms with E-state index in [0.29, 0.717) is 36.8 Å². The number of oxime groups is 1. The van der Waals surface area contributed by atoms with Crippen molar-refractivity contribution < 1.29 is 24.5 Å². The summed E-state index contributed by atoms with van der Waals surface area (Å²) in [4.78, 5) is 36.7. The quantitative estimate of drug-likeness (QED) is 0.0889. The average molecular weight is 545 g/mol. The number of carbonyl (C=O) groups is 2. The Kier molecular flexibility index (Phi) is 7.23. The first-order valence-electron chi connectivity index (χ1n) is 12.8. The SMILES string of the molecule is NC(=O)OC1CCC(NC(=O)c2c([N+](=O)[O-])c3ccc(C(N)=NO)cc3n2Cc2cccc3ccccc23)CC1. The van der Waals surface area contributed by atoms with Gasteiger partial charge < -0.3 is 31.3 Å². The van der Waals surface area contributed by atoms with E-state index in [4.69, 9.17) is 16.2 Å². The molecule has 2 amide bonds. The van der Waals surface area contributed by atoms with Crippen LogP contribution in [-0.4, -0.2) is 44.7 Å². The monoisotopic (exact) mass is 544 g/mol. The number of benzene rings is 3. The fourth-order valence-electron chi connectivity index (χ4n) is 5.47. The second kappa shape index (κ2) is 10.9. The van der Waals surface area contributed by atoms with Crippen LogP contribution in [0.5, 0.6) is 0 Å². The van der Waals surface area contributed by atoms with Crippen molar-refractivity contribution in [1.29, 1.82) is 0 Å². The van der Waals surface area contributed by atoms with Crippen molar-refractivity contribution in [1.82, 2.24) is 9.88 Å². The van der Waals surface area contributed by atoms with E-state index in [1.807, 2.05) is 42.5 Å². The summed E-state index contributed by atoms with van der Waals surface area (Å²) in [6, 6.07) is 17.9. The molecule has 5 rings (SSSR count). The summed E-state index contributed by atoms with van der Waals surface area (Å²) >= 11 is 0. The number of rotatable bonds is 7. The number of amides is 2. The molecule has 40 heavy (non-hydrogen) atoms. The Hall–Kier alpha value is -5.13. The van der Waals surface area contributed by atoms with Gasteiger partial charge in [0.25, 0.3) is 5.91 Å². The number of hydrogen-bond acceptors (Lipinski definition) is 7. The van der Waals surface area contributed by atoms with Crippen LogP contribution in [0.2, 0.25) is 0 Å². The Morgan fingerprint density at radius 1 is 1.05 bits per heavy atom. The molecule has 12 heteroatoms. The maximum Gasteiger partial charge on any atom is 0.404 e. The number of nitrogens with two attached hydrogens (primary N) is 2. The Bertz CT molecular complexity index is 1650. The molecule has 1 aliphatic rings. The van der Waals surface area contributed by atoms with Crippen LogP contribution in [-0.2, 0) is 11.3 Å². The van der Waals surface area contributed by atoms with Crippen molar-refractivity contribution in [3.8, 4) is 0 Å². The highest BCUT2D eigenvalue weighted by Crippen LogP contribution is 2.35. The first-order chi connectivity index (χ1) is 19.3. The molecule has 3 aromatic carbocycles. The van der Waals surface area contributed by atoms with E-state index in [0.717, 1.165) is 16.3 Å². The lowest BCUT2D eigenvalue weighted by Gasteiger charge is -2.28. The molecule has 0 radical (unpaired) electrons. The van der Waals surface area contributed by atoms with E-state index < -0.39 is 16.9 Å². The number of amidine groups is 1. The smallest absolute Gasteiger partial charge is 0.404 e. The summed E-state index contributed by atoms with van der Waals surface area (Å²) in [5.41, 5.74) is 12.1. The van der Waals surface area contributed by atoms with Crippen LogP contribution in [0.1, 0.15) is 47.3 Å². The van der Waals surface area contributed by atoms with E-state index in [9.17, 15) is 24.9 Å². The molecular weight excluding hydrogens is 516 g/mol. The van der Waals surface area contributed by atoms with Crippen molar-refractivity contribution in [2.24, 2.45) is 16.6 Å². The molecule has 0 bridgehead atoms. The minimum Gasteiger partial charge on any atom is -0.446 e. The topological polar surface area (TPSA) is 188 Å². The molecule has 0 unspecified atom stereocenters. The molecule has 4 aromatic rings. The summed E-state index contributed by atoms with van der Waals surface area (Å²) in [7, 11) is 0. The molecular formula is C28H28N6O6. The molecule has 1 aromatic heterocycles. The number of fused-ring (bicyclic) bond motifs is 2. The number of hydrogen-bond donors (Lipinski definition) is 4. The zero-order valence-electron chi connectivity index (χ0n) is 21.4. The van der Waals surface area contributed by atoms with Crippen molar-refractivity contribution in [3.05, 3.63) is 87.6 Å². The van der Waals surface area contributed by atoms with Crippen LogP contribution in [0, 0.1) is 10.1 Å². The van der Waals surface area contributed by atoms with Gasteiger partial charge in [0.05, 0.1) is 15.8 Å². The maximum atomic E-state index is 13.8. The predicted molar refractivity (Wildman–Crippen MR) is 148 cm³/mol. The van der Waals surface area contributed by atoms with Gasteiger partial charge in [0.1, 0.15) is 6.10 Å². The largest absolute Gasteiger partial charge is 0.446 e. The van der Waals surface area contributed by atoms with Crippen molar-refractivity contribution in [3.63, 3.8) is 0 Å². The highest BCUT2D eigenvalue weighted by Gasteiger charge is 2.33. The third-order valence-corrected chi connectivity index (χ3v) is 7.34. The maximum absolute atomic E-state index is 13.8. The van der Waals surface area contributed by atoms with Gasteiger partial charge in [0.2, 0.25) is 0 Å². The van der Waals surface area contributed by atoms with Gasteiger partial charge in [-0.1, -0.05) is 53.7 Å². The molecule has 6 N–H and O–H groups in total. The highest BCUT2D eigenvalue weighted by atomic mass is 16.6. The van der Waals surface area contributed by atoms with Gasteiger partial charge in [-0.05, 0) is 54.2 Å². The molecule has 1 fully saturated rings. The zero-order valence-corrected chi connectivity index (χ0v) is 21.4. The van der Waals surface area contributed by atoms with E-state index in [2.05, 4.69) is 10.5 Å². The number of nitrogens with one attached hydrogen (secondary N) is 1. The lowest BCUT2D eigenvalue weighted by molar-refractivity contribution is -0.383. The molecule has 0 atom stereocenters. The van der Waals surface area contributed by atoms with E-state index in [-0.39, 0.29) is 41.3 Å². The van der Waals surface area contributed by atoms with E-state index >= 15 is 0 Å². The van der Waals surface area contributed by atoms with Crippen LogP contribution in [0.25, 0.3) is 21.7 Å².